The fraction of sp³-hybridized carbons (Fsp3) is 0.455. The molecule has 2 aromatic heterocycles. The third-order valence-corrected chi connectivity index (χ3v) is 3.14. The molecule has 0 aliphatic carbocycles. The summed E-state index contributed by atoms with van der Waals surface area (Å²) in [5.74, 6) is 1.43. The zero-order valence-corrected chi connectivity index (χ0v) is 8.80. The Balaban J connectivity index is 2.06. The van der Waals surface area contributed by atoms with Gasteiger partial charge in [-0.15, -0.1) is 0 Å². The molecule has 3 heterocycles. The maximum atomic E-state index is 4.23. The van der Waals surface area contributed by atoms with Crippen LogP contribution in [-0.2, 0) is 0 Å². The van der Waals surface area contributed by atoms with Crippen molar-refractivity contribution in [3.05, 3.63) is 30.4 Å². The molecule has 0 saturated carbocycles. The van der Waals surface area contributed by atoms with Gasteiger partial charge in [0.15, 0.2) is 0 Å². The first-order valence-corrected chi connectivity index (χ1v) is 5.31. The van der Waals surface area contributed by atoms with E-state index in [-0.39, 0.29) is 0 Å². The number of hydrogen-bond donors (Lipinski definition) is 0. The molecule has 1 aliphatic rings. The molecule has 0 N–H and O–H groups in total. The standard InChI is InChI=1S/C11H14N4/c1-14-6-3-9(8-14)10-2-4-12-11-13-5-7-15(10)11/h2,4-5,7,9H,3,6,8H2,1H3. The smallest absolute Gasteiger partial charge is 0.233 e. The van der Waals surface area contributed by atoms with Crippen LogP contribution in [0, 0.1) is 0 Å². The van der Waals surface area contributed by atoms with Crippen molar-refractivity contribution < 1.29 is 0 Å². The van der Waals surface area contributed by atoms with Gasteiger partial charge in [-0.05, 0) is 26.1 Å². The van der Waals surface area contributed by atoms with Crippen molar-refractivity contribution in [1.29, 1.82) is 0 Å². The number of likely N-dealkylation sites (tertiary alicyclic amines) is 1. The first-order valence-electron chi connectivity index (χ1n) is 5.31. The van der Waals surface area contributed by atoms with E-state index in [1.165, 1.54) is 18.7 Å². The van der Waals surface area contributed by atoms with Gasteiger partial charge >= 0.3 is 0 Å². The van der Waals surface area contributed by atoms with Crippen molar-refractivity contribution in [3.8, 4) is 0 Å². The molecule has 0 spiro atoms. The lowest BCUT2D eigenvalue weighted by molar-refractivity contribution is 0.410. The quantitative estimate of drug-likeness (QED) is 0.695. The highest BCUT2D eigenvalue weighted by Gasteiger charge is 2.22. The highest BCUT2D eigenvalue weighted by Crippen LogP contribution is 2.25. The molecule has 1 fully saturated rings. The summed E-state index contributed by atoms with van der Waals surface area (Å²) in [6.45, 7) is 2.32. The summed E-state index contributed by atoms with van der Waals surface area (Å²) in [5.41, 5.74) is 1.34. The lowest BCUT2D eigenvalue weighted by atomic mass is 10.0. The molecule has 0 radical (unpaired) electrons. The van der Waals surface area contributed by atoms with Gasteiger partial charge in [-0.25, -0.2) is 9.97 Å². The molecule has 1 saturated heterocycles. The van der Waals surface area contributed by atoms with Crippen LogP contribution in [0.25, 0.3) is 5.78 Å². The molecule has 2 aromatic rings. The van der Waals surface area contributed by atoms with Gasteiger partial charge in [0.1, 0.15) is 0 Å². The first-order chi connectivity index (χ1) is 7.34. The van der Waals surface area contributed by atoms with Crippen molar-refractivity contribution in [3.63, 3.8) is 0 Å². The minimum absolute atomic E-state index is 0.620. The highest BCUT2D eigenvalue weighted by atomic mass is 15.1. The van der Waals surface area contributed by atoms with Crippen LogP contribution in [0.1, 0.15) is 18.0 Å². The fourth-order valence-electron chi connectivity index (χ4n) is 2.36. The molecule has 1 unspecified atom stereocenters. The van der Waals surface area contributed by atoms with Crippen LogP contribution in [0.5, 0.6) is 0 Å². The lowest BCUT2D eigenvalue weighted by Gasteiger charge is -2.12. The summed E-state index contributed by atoms with van der Waals surface area (Å²) in [4.78, 5) is 10.8. The van der Waals surface area contributed by atoms with Crippen molar-refractivity contribution in [2.24, 2.45) is 0 Å². The van der Waals surface area contributed by atoms with Crippen LogP contribution < -0.4 is 0 Å². The van der Waals surface area contributed by atoms with E-state index in [9.17, 15) is 0 Å². The average molecular weight is 202 g/mol. The number of nitrogens with zero attached hydrogens (tertiary/aromatic N) is 4. The van der Waals surface area contributed by atoms with E-state index >= 15 is 0 Å². The third kappa shape index (κ3) is 1.41. The zero-order chi connectivity index (χ0) is 10.3. The Hall–Kier alpha value is -1.42. The van der Waals surface area contributed by atoms with Crippen LogP contribution in [0.15, 0.2) is 24.7 Å². The number of likely N-dealkylation sites (N-methyl/N-ethyl adjacent to an activating group) is 1. The molecule has 4 heteroatoms. The van der Waals surface area contributed by atoms with E-state index in [0.29, 0.717) is 5.92 Å². The Bertz CT molecular complexity index is 476. The molecule has 78 valence electrons. The predicted octanol–water partition coefficient (Wildman–Crippen LogP) is 1.15. The minimum atomic E-state index is 0.620. The zero-order valence-electron chi connectivity index (χ0n) is 8.80. The maximum Gasteiger partial charge on any atom is 0.233 e. The van der Waals surface area contributed by atoms with E-state index in [1.54, 1.807) is 0 Å². The molecular formula is C11H14N4. The SMILES string of the molecule is CN1CCC(c2ccnc3nccn23)C1. The summed E-state index contributed by atoms with van der Waals surface area (Å²) >= 11 is 0. The van der Waals surface area contributed by atoms with E-state index in [0.717, 1.165) is 12.3 Å². The average Bonchev–Trinajstić information content (AvgIpc) is 2.84. The lowest BCUT2D eigenvalue weighted by Crippen LogP contribution is -2.14. The van der Waals surface area contributed by atoms with Gasteiger partial charge in [0.05, 0.1) is 0 Å². The molecule has 0 aromatic carbocycles. The van der Waals surface area contributed by atoms with Gasteiger partial charge in [-0.3, -0.25) is 4.40 Å². The number of hydrogen-bond acceptors (Lipinski definition) is 3. The molecular weight excluding hydrogens is 188 g/mol. The van der Waals surface area contributed by atoms with E-state index < -0.39 is 0 Å². The normalized spacial score (nSPS) is 22.6. The molecule has 0 bridgehead atoms. The van der Waals surface area contributed by atoms with Crippen molar-refractivity contribution in [2.45, 2.75) is 12.3 Å². The second-order valence-electron chi connectivity index (χ2n) is 4.21. The van der Waals surface area contributed by atoms with E-state index in [2.05, 4.69) is 32.4 Å². The summed E-state index contributed by atoms with van der Waals surface area (Å²) in [6, 6.07) is 2.11. The van der Waals surface area contributed by atoms with Crippen LogP contribution >= 0.6 is 0 Å². The van der Waals surface area contributed by atoms with Gasteiger partial charge < -0.3 is 4.90 Å². The second-order valence-corrected chi connectivity index (χ2v) is 4.21. The Labute approximate surface area is 88.6 Å². The molecule has 15 heavy (non-hydrogen) atoms. The van der Waals surface area contributed by atoms with Gasteiger partial charge in [0, 0.05) is 36.7 Å². The van der Waals surface area contributed by atoms with Crippen LogP contribution in [0.4, 0.5) is 0 Å². The Morgan fingerprint density at radius 1 is 1.33 bits per heavy atom. The molecule has 1 aliphatic heterocycles. The summed E-state index contributed by atoms with van der Waals surface area (Å²) < 4.78 is 2.10. The summed E-state index contributed by atoms with van der Waals surface area (Å²) in [6.07, 6.45) is 6.89. The molecule has 1 atom stereocenters. The van der Waals surface area contributed by atoms with Crippen LogP contribution in [0.2, 0.25) is 0 Å². The maximum absolute atomic E-state index is 4.23. The van der Waals surface area contributed by atoms with Crippen LogP contribution in [0.3, 0.4) is 0 Å². The fourth-order valence-corrected chi connectivity index (χ4v) is 2.36. The van der Waals surface area contributed by atoms with E-state index in [4.69, 9.17) is 0 Å². The topological polar surface area (TPSA) is 33.4 Å². The van der Waals surface area contributed by atoms with Gasteiger partial charge in [-0.1, -0.05) is 0 Å². The Morgan fingerprint density at radius 2 is 2.20 bits per heavy atom. The van der Waals surface area contributed by atoms with Gasteiger partial charge in [-0.2, -0.15) is 0 Å². The Kier molecular flexibility index (Phi) is 1.95. The first kappa shape index (κ1) is 8.85. The third-order valence-electron chi connectivity index (χ3n) is 3.14. The number of fused-ring (bicyclic) bond motifs is 1. The highest BCUT2D eigenvalue weighted by molar-refractivity contribution is 5.31. The largest absolute Gasteiger partial charge is 0.306 e. The second kappa shape index (κ2) is 3.31. The van der Waals surface area contributed by atoms with Crippen molar-refractivity contribution in [2.75, 3.05) is 20.1 Å². The molecule has 0 amide bonds. The van der Waals surface area contributed by atoms with Crippen molar-refractivity contribution in [1.82, 2.24) is 19.3 Å². The van der Waals surface area contributed by atoms with E-state index in [1.807, 2.05) is 18.6 Å². The Morgan fingerprint density at radius 3 is 3.00 bits per heavy atom. The monoisotopic (exact) mass is 202 g/mol. The summed E-state index contributed by atoms with van der Waals surface area (Å²) in [7, 11) is 2.17. The number of imidazole rings is 1. The van der Waals surface area contributed by atoms with Crippen LogP contribution in [-0.4, -0.2) is 39.4 Å². The molecule has 4 nitrogen and oxygen atoms in total. The van der Waals surface area contributed by atoms with Crippen molar-refractivity contribution >= 4 is 5.78 Å². The molecule has 3 rings (SSSR count). The number of rotatable bonds is 1. The minimum Gasteiger partial charge on any atom is -0.306 e. The van der Waals surface area contributed by atoms with Gasteiger partial charge in [0.25, 0.3) is 0 Å². The predicted molar refractivity (Wildman–Crippen MR) is 57.8 cm³/mol. The number of aromatic nitrogens is 3. The summed E-state index contributed by atoms with van der Waals surface area (Å²) in [5, 5.41) is 0. The van der Waals surface area contributed by atoms with Gasteiger partial charge in [0.2, 0.25) is 5.78 Å².